The highest BCUT2D eigenvalue weighted by molar-refractivity contribution is 5.89. The molecule has 2 aromatic rings. The third kappa shape index (κ3) is 1.45. The maximum atomic E-state index is 9.05. The van der Waals surface area contributed by atoms with Crippen LogP contribution in [0.5, 0.6) is 0 Å². The number of fused-ring (bicyclic) bond motifs is 1. The average Bonchev–Trinajstić information content (AvgIpc) is 2.32. The van der Waals surface area contributed by atoms with Crippen LogP contribution in [0.4, 0.5) is 11.8 Å². The van der Waals surface area contributed by atoms with E-state index in [0.29, 0.717) is 17.0 Å². The minimum atomic E-state index is 0.179. The summed E-state index contributed by atoms with van der Waals surface area (Å²) >= 11 is 0. The Morgan fingerprint density at radius 3 is 2.79 bits per heavy atom. The van der Waals surface area contributed by atoms with Gasteiger partial charge in [-0.1, -0.05) is 0 Å². The lowest BCUT2D eigenvalue weighted by Crippen LogP contribution is -2.63. The van der Waals surface area contributed by atoms with E-state index in [4.69, 9.17) is 11.0 Å². The molecule has 5 rings (SSSR count). The van der Waals surface area contributed by atoms with Crippen molar-refractivity contribution in [3.8, 4) is 6.07 Å². The molecular formula is C13H12N6. The molecule has 2 heterocycles. The highest BCUT2D eigenvalue weighted by Crippen LogP contribution is 2.58. The lowest BCUT2D eigenvalue weighted by molar-refractivity contribution is 0.00192. The van der Waals surface area contributed by atoms with Crippen molar-refractivity contribution in [2.24, 2.45) is 5.92 Å². The maximum absolute atomic E-state index is 9.05. The van der Waals surface area contributed by atoms with Gasteiger partial charge in [0.05, 0.1) is 0 Å². The van der Waals surface area contributed by atoms with Crippen molar-refractivity contribution in [2.75, 3.05) is 11.1 Å². The van der Waals surface area contributed by atoms with Crippen LogP contribution >= 0.6 is 0 Å². The Balaban J connectivity index is 1.86. The Morgan fingerprint density at radius 2 is 2.16 bits per heavy atom. The van der Waals surface area contributed by atoms with Crippen molar-refractivity contribution in [3.63, 3.8) is 0 Å². The molecule has 3 aliphatic rings. The Labute approximate surface area is 109 Å². The van der Waals surface area contributed by atoms with Gasteiger partial charge >= 0.3 is 0 Å². The molecule has 0 atom stereocenters. The highest BCUT2D eigenvalue weighted by atomic mass is 15.1. The molecule has 0 radical (unpaired) electrons. The number of nitrogens with one attached hydrogen (secondary N) is 1. The van der Waals surface area contributed by atoms with Gasteiger partial charge in [-0.05, 0) is 31.2 Å². The van der Waals surface area contributed by atoms with E-state index in [1.165, 1.54) is 19.3 Å². The zero-order valence-corrected chi connectivity index (χ0v) is 10.2. The number of nitrogens with two attached hydrogens (primary N) is 1. The van der Waals surface area contributed by atoms with E-state index < -0.39 is 0 Å². The van der Waals surface area contributed by atoms with Crippen LogP contribution in [-0.2, 0) is 0 Å². The third-order valence-corrected chi connectivity index (χ3v) is 4.12. The predicted molar refractivity (Wildman–Crippen MR) is 70.2 cm³/mol. The van der Waals surface area contributed by atoms with E-state index in [0.717, 1.165) is 11.3 Å². The van der Waals surface area contributed by atoms with E-state index in [1.54, 1.807) is 12.3 Å². The molecule has 3 aliphatic carbocycles. The molecule has 6 nitrogen and oxygen atoms in total. The first-order valence-electron chi connectivity index (χ1n) is 6.29. The SMILES string of the molecule is N#Cc1cc2cnc(N)nc2c(NC23CC(C2)C3)n1. The summed E-state index contributed by atoms with van der Waals surface area (Å²) in [5.74, 6) is 1.75. The van der Waals surface area contributed by atoms with Crippen LogP contribution in [0.2, 0.25) is 0 Å². The maximum Gasteiger partial charge on any atom is 0.220 e. The van der Waals surface area contributed by atoms with E-state index in [1.807, 2.05) is 0 Å². The monoisotopic (exact) mass is 252 g/mol. The molecule has 2 aromatic heterocycles. The summed E-state index contributed by atoms with van der Waals surface area (Å²) in [7, 11) is 0. The number of nitrogens with zero attached hydrogens (tertiary/aromatic N) is 4. The number of nitriles is 1. The number of nitrogen functional groups attached to an aromatic ring is 1. The third-order valence-electron chi connectivity index (χ3n) is 4.12. The number of hydrogen-bond donors (Lipinski definition) is 2. The largest absolute Gasteiger partial charge is 0.368 e. The smallest absolute Gasteiger partial charge is 0.220 e. The molecule has 6 heteroatoms. The molecule has 0 aliphatic heterocycles. The van der Waals surface area contributed by atoms with Crippen LogP contribution < -0.4 is 11.1 Å². The van der Waals surface area contributed by atoms with Gasteiger partial charge in [-0.3, -0.25) is 0 Å². The normalized spacial score (nSPS) is 27.2. The molecule has 0 aromatic carbocycles. The predicted octanol–water partition coefficient (Wildman–Crippen LogP) is 1.44. The summed E-state index contributed by atoms with van der Waals surface area (Å²) in [4.78, 5) is 12.5. The van der Waals surface area contributed by atoms with Crippen molar-refractivity contribution in [1.29, 1.82) is 5.26 Å². The molecular weight excluding hydrogens is 240 g/mol. The molecule has 0 amide bonds. The molecule has 19 heavy (non-hydrogen) atoms. The van der Waals surface area contributed by atoms with Crippen LogP contribution in [0.25, 0.3) is 10.9 Å². The van der Waals surface area contributed by atoms with E-state index in [2.05, 4.69) is 26.3 Å². The zero-order chi connectivity index (χ0) is 13.0. The van der Waals surface area contributed by atoms with Crippen molar-refractivity contribution < 1.29 is 0 Å². The minimum absolute atomic E-state index is 0.179. The number of hydrogen-bond acceptors (Lipinski definition) is 6. The summed E-state index contributed by atoms with van der Waals surface area (Å²) < 4.78 is 0. The second kappa shape index (κ2) is 3.32. The molecule has 3 fully saturated rings. The molecule has 0 spiro atoms. The fraction of sp³-hybridized carbons (Fsp3) is 0.385. The Kier molecular flexibility index (Phi) is 1.83. The fourth-order valence-electron chi connectivity index (χ4n) is 3.08. The van der Waals surface area contributed by atoms with Gasteiger partial charge in [0.15, 0.2) is 5.82 Å². The second-order valence-corrected chi connectivity index (χ2v) is 5.52. The summed E-state index contributed by atoms with van der Waals surface area (Å²) in [5.41, 5.74) is 6.88. The van der Waals surface area contributed by atoms with Gasteiger partial charge in [0.2, 0.25) is 5.95 Å². The zero-order valence-electron chi connectivity index (χ0n) is 10.2. The standard InChI is InChI=1S/C13H12N6/c14-5-9-1-8-6-16-12(15)18-10(8)11(17-9)19-13-2-7(3-13)4-13/h1,6-7H,2-4H2,(H,17,19)(H2,15,16,18). The van der Waals surface area contributed by atoms with Crippen LogP contribution in [0.1, 0.15) is 25.0 Å². The van der Waals surface area contributed by atoms with Gasteiger partial charge in [-0.15, -0.1) is 0 Å². The summed E-state index contributed by atoms with van der Waals surface area (Å²) in [6.45, 7) is 0. The van der Waals surface area contributed by atoms with E-state index in [-0.39, 0.29) is 11.5 Å². The Bertz CT molecular complexity index is 715. The molecule has 94 valence electrons. The fourth-order valence-corrected chi connectivity index (χ4v) is 3.08. The van der Waals surface area contributed by atoms with Crippen molar-refractivity contribution in [1.82, 2.24) is 15.0 Å². The molecule has 0 saturated heterocycles. The lowest BCUT2D eigenvalue weighted by Gasteiger charge is -2.62. The first-order chi connectivity index (χ1) is 9.17. The molecule has 3 saturated carbocycles. The van der Waals surface area contributed by atoms with Gasteiger partial charge in [0, 0.05) is 17.1 Å². The van der Waals surface area contributed by atoms with Crippen LogP contribution in [0.3, 0.4) is 0 Å². The second-order valence-electron chi connectivity index (χ2n) is 5.52. The number of pyridine rings is 1. The first-order valence-corrected chi connectivity index (χ1v) is 6.29. The number of anilines is 2. The van der Waals surface area contributed by atoms with Gasteiger partial charge in [0.1, 0.15) is 17.3 Å². The van der Waals surface area contributed by atoms with Gasteiger partial charge in [0.25, 0.3) is 0 Å². The summed E-state index contributed by atoms with van der Waals surface area (Å²) in [5, 5.41) is 13.3. The Morgan fingerprint density at radius 1 is 1.37 bits per heavy atom. The number of rotatable bonds is 2. The highest BCUT2D eigenvalue weighted by Gasteiger charge is 2.56. The van der Waals surface area contributed by atoms with Crippen molar-refractivity contribution >= 4 is 22.7 Å². The minimum Gasteiger partial charge on any atom is -0.368 e. The summed E-state index contributed by atoms with van der Waals surface area (Å²) in [6, 6.07) is 3.75. The van der Waals surface area contributed by atoms with Gasteiger partial charge < -0.3 is 11.1 Å². The van der Waals surface area contributed by atoms with E-state index in [9.17, 15) is 0 Å². The molecule has 2 bridgehead atoms. The Hall–Kier alpha value is -2.42. The molecule has 0 unspecified atom stereocenters. The van der Waals surface area contributed by atoms with Crippen LogP contribution in [-0.4, -0.2) is 20.5 Å². The van der Waals surface area contributed by atoms with Gasteiger partial charge in [-0.2, -0.15) is 5.26 Å². The number of aromatic nitrogens is 3. The molecule has 3 N–H and O–H groups in total. The quantitative estimate of drug-likeness (QED) is 0.838. The van der Waals surface area contributed by atoms with E-state index >= 15 is 0 Å². The van der Waals surface area contributed by atoms with Crippen molar-refractivity contribution in [2.45, 2.75) is 24.8 Å². The topological polar surface area (TPSA) is 101 Å². The first kappa shape index (κ1) is 10.5. The van der Waals surface area contributed by atoms with Crippen LogP contribution in [0, 0.1) is 17.2 Å². The van der Waals surface area contributed by atoms with Crippen molar-refractivity contribution in [3.05, 3.63) is 18.0 Å². The average molecular weight is 252 g/mol. The van der Waals surface area contributed by atoms with Gasteiger partial charge in [-0.25, -0.2) is 15.0 Å². The summed E-state index contributed by atoms with van der Waals surface area (Å²) in [6.07, 6.45) is 5.20. The lowest BCUT2D eigenvalue weighted by atomic mass is 9.50. The van der Waals surface area contributed by atoms with Crippen LogP contribution in [0.15, 0.2) is 12.3 Å².